The molecule has 1 heterocycles. The van der Waals surface area contributed by atoms with E-state index in [0.717, 1.165) is 0 Å². The maximum absolute atomic E-state index is 12.7. The highest BCUT2D eigenvalue weighted by Crippen LogP contribution is 2.22. The van der Waals surface area contributed by atoms with Gasteiger partial charge in [0.1, 0.15) is 0 Å². The molecule has 1 aliphatic rings. The Morgan fingerprint density at radius 2 is 1.75 bits per heavy atom. The quantitative estimate of drug-likeness (QED) is 0.521. The van der Waals surface area contributed by atoms with E-state index < -0.39 is 17.7 Å². The van der Waals surface area contributed by atoms with Crippen LogP contribution in [0.1, 0.15) is 0 Å². The molecule has 1 N–H and O–H groups in total. The number of benzene rings is 2. The van der Waals surface area contributed by atoms with Crippen LogP contribution in [0.15, 0.2) is 59.6 Å². The third-order valence-corrected chi connectivity index (χ3v) is 3.95. The second kappa shape index (κ2) is 6.90. The number of hydrogen-bond donors (Lipinski definition) is 1. The molecule has 0 saturated carbocycles. The number of thiocarbonyl (C=S) groups is 1. The number of nitrogens with one attached hydrogen (secondary N) is 1. The van der Waals surface area contributed by atoms with Gasteiger partial charge < -0.3 is 5.32 Å². The van der Waals surface area contributed by atoms with Crippen molar-refractivity contribution in [3.05, 3.63) is 59.6 Å². The van der Waals surface area contributed by atoms with Crippen molar-refractivity contribution in [3.63, 3.8) is 0 Å². The zero-order chi connectivity index (χ0) is 17.1. The Bertz CT molecular complexity index is 821. The largest absolute Gasteiger partial charge is 0.301 e. The molecule has 1 atom stereocenters. The van der Waals surface area contributed by atoms with E-state index in [1.807, 2.05) is 18.2 Å². The molecule has 2 amide bonds. The van der Waals surface area contributed by atoms with Crippen LogP contribution in [-0.2, 0) is 9.59 Å². The van der Waals surface area contributed by atoms with Gasteiger partial charge in [-0.1, -0.05) is 29.8 Å². The molecule has 120 valence electrons. The lowest BCUT2D eigenvalue weighted by molar-refractivity contribution is -0.130. The van der Waals surface area contributed by atoms with Crippen LogP contribution in [0.5, 0.6) is 0 Å². The summed E-state index contributed by atoms with van der Waals surface area (Å²) in [6.45, 7) is 0. The fourth-order valence-corrected chi connectivity index (χ4v) is 2.65. The summed E-state index contributed by atoms with van der Waals surface area (Å²) in [5, 5.41) is 3.11. The number of amides is 2. The number of halogens is 1. The van der Waals surface area contributed by atoms with Gasteiger partial charge in [-0.2, -0.15) is 0 Å². The van der Waals surface area contributed by atoms with Crippen LogP contribution < -0.4 is 10.2 Å². The Balaban J connectivity index is 1.88. The Labute approximate surface area is 148 Å². The van der Waals surface area contributed by atoms with Crippen LogP contribution in [0.25, 0.3) is 0 Å². The van der Waals surface area contributed by atoms with Crippen molar-refractivity contribution in [1.29, 1.82) is 0 Å². The van der Waals surface area contributed by atoms with Crippen molar-refractivity contribution >= 4 is 58.3 Å². The van der Waals surface area contributed by atoms with Gasteiger partial charge in [0.2, 0.25) is 5.91 Å². The first-order chi connectivity index (χ1) is 11.6. The summed E-state index contributed by atoms with van der Waals surface area (Å²) in [5.41, 5.74) is 1.19. The minimum atomic E-state index is -1.05. The SMILES string of the molecule is O=C1NC(=S)N(c2ccc(Cl)cc2)C(=O)[C@H]1C=Nc1ccccc1. The first-order valence-electron chi connectivity index (χ1n) is 7.10. The molecule has 5 nitrogen and oxygen atoms in total. The lowest BCUT2D eigenvalue weighted by atomic mass is 10.1. The first kappa shape index (κ1) is 16.3. The number of carbonyl (C=O) groups excluding carboxylic acids is 2. The van der Waals surface area contributed by atoms with Crippen molar-refractivity contribution in [3.8, 4) is 0 Å². The normalized spacial score (nSPS) is 18.1. The van der Waals surface area contributed by atoms with Crippen LogP contribution in [0.3, 0.4) is 0 Å². The minimum Gasteiger partial charge on any atom is -0.301 e. The zero-order valence-electron chi connectivity index (χ0n) is 12.3. The van der Waals surface area contributed by atoms with Crippen LogP contribution >= 0.6 is 23.8 Å². The standard InChI is InChI=1S/C17H12ClN3O2S/c18-11-6-8-13(9-7-11)21-16(23)14(15(22)20-17(21)24)10-19-12-4-2-1-3-5-12/h1-10,14H,(H,20,22,24)/t14-/m0/s1. The average molecular weight is 358 g/mol. The maximum Gasteiger partial charge on any atom is 0.251 e. The molecule has 7 heteroatoms. The monoisotopic (exact) mass is 357 g/mol. The lowest BCUT2D eigenvalue weighted by Gasteiger charge is -2.30. The van der Waals surface area contributed by atoms with E-state index in [9.17, 15) is 9.59 Å². The Hall–Kier alpha value is -2.57. The smallest absolute Gasteiger partial charge is 0.251 e. The second-order valence-electron chi connectivity index (χ2n) is 5.04. The van der Waals surface area contributed by atoms with Gasteiger partial charge in [0.05, 0.1) is 11.4 Å². The maximum atomic E-state index is 12.7. The van der Waals surface area contributed by atoms with Gasteiger partial charge in [0.25, 0.3) is 5.91 Å². The van der Waals surface area contributed by atoms with Crippen LogP contribution in [0.4, 0.5) is 11.4 Å². The summed E-state index contributed by atoms with van der Waals surface area (Å²) in [6.07, 6.45) is 1.33. The molecule has 1 fully saturated rings. The Kier molecular flexibility index (Phi) is 4.69. The van der Waals surface area contributed by atoms with E-state index in [2.05, 4.69) is 10.3 Å². The third-order valence-electron chi connectivity index (χ3n) is 3.42. The number of para-hydroxylation sites is 1. The van der Waals surface area contributed by atoms with Gasteiger partial charge in [-0.15, -0.1) is 0 Å². The highest BCUT2D eigenvalue weighted by atomic mass is 35.5. The summed E-state index contributed by atoms with van der Waals surface area (Å²) in [6, 6.07) is 15.7. The predicted octanol–water partition coefficient (Wildman–Crippen LogP) is 3.11. The lowest BCUT2D eigenvalue weighted by Crippen LogP contribution is -2.58. The van der Waals surface area contributed by atoms with Gasteiger partial charge in [0, 0.05) is 11.2 Å². The molecule has 0 spiro atoms. The van der Waals surface area contributed by atoms with Crippen molar-refractivity contribution in [2.24, 2.45) is 10.9 Å². The number of hydrogen-bond acceptors (Lipinski definition) is 4. The van der Waals surface area contributed by atoms with E-state index in [4.69, 9.17) is 23.8 Å². The predicted molar refractivity (Wildman–Crippen MR) is 97.8 cm³/mol. The summed E-state index contributed by atoms with van der Waals surface area (Å²) in [4.78, 5) is 30.3. The molecule has 1 saturated heterocycles. The van der Waals surface area contributed by atoms with Crippen molar-refractivity contribution in [1.82, 2.24) is 5.32 Å². The van der Waals surface area contributed by atoms with Gasteiger partial charge in [-0.05, 0) is 48.6 Å². The fraction of sp³-hybridized carbons (Fsp3) is 0.0588. The molecule has 3 rings (SSSR count). The number of carbonyl (C=O) groups is 2. The summed E-state index contributed by atoms with van der Waals surface area (Å²) in [5.74, 6) is -1.99. The van der Waals surface area contributed by atoms with E-state index in [0.29, 0.717) is 16.4 Å². The van der Waals surface area contributed by atoms with Crippen molar-refractivity contribution < 1.29 is 9.59 Å². The van der Waals surface area contributed by atoms with Gasteiger partial charge in [-0.3, -0.25) is 19.5 Å². The van der Waals surface area contributed by atoms with Crippen LogP contribution in [-0.4, -0.2) is 23.1 Å². The molecular weight excluding hydrogens is 346 g/mol. The molecule has 0 aliphatic carbocycles. The molecule has 0 bridgehead atoms. The van der Waals surface area contributed by atoms with E-state index in [-0.39, 0.29) is 5.11 Å². The zero-order valence-corrected chi connectivity index (χ0v) is 13.9. The Morgan fingerprint density at radius 3 is 2.42 bits per heavy atom. The third kappa shape index (κ3) is 3.34. The second-order valence-corrected chi connectivity index (χ2v) is 5.86. The van der Waals surface area contributed by atoms with Crippen LogP contribution in [0, 0.1) is 5.92 Å². The summed E-state index contributed by atoms with van der Waals surface area (Å²) >= 11 is 11.0. The van der Waals surface area contributed by atoms with Gasteiger partial charge in [0.15, 0.2) is 11.0 Å². The topological polar surface area (TPSA) is 61.8 Å². The number of anilines is 1. The molecule has 0 unspecified atom stereocenters. The highest BCUT2D eigenvalue weighted by Gasteiger charge is 2.38. The molecule has 0 radical (unpaired) electrons. The molecule has 2 aromatic carbocycles. The van der Waals surface area contributed by atoms with E-state index >= 15 is 0 Å². The van der Waals surface area contributed by atoms with Gasteiger partial charge >= 0.3 is 0 Å². The summed E-state index contributed by atoms with van der Waals surface area (Å²) < 4.78 is 0. The fourth-order valence-electron chi connectivity index (χ4n) is 2.23. The number of rotatable bonds is 3. The molecular formula is C17H12ClN3O2S. The van der Waals surface area contributed by atoms with E-state index in [1.165, 1.54) is 11.1 Å². The summed E-state index contributed by atoms with van der Waals surface area (Å²) in [7, 11) is 0. The highest BCUT2D eigenvalue weighted by molar-refractivity contribution is 7.80. The number of nitrogens with zero attached hydrogens (tertiary/aromatic N) is 2. The minimum absolute atomic E-state index is 0.0386. The molecule has 1 aliphatic heterocycles. The molecule has 24 heavy (non-hydrogen) atoms. The first-order valence-corrected chi connectivity index (χ1v) is 7.88. The van der Waals surface area contributed by atoms with Gasteiger partial charge in [-0.25, -0.2) is 0 Å². The Morgan fingerprint density at radius 1 is 1.08 bits per heavy atom. The van der Waals surface area contributed by atoms with Crippen molar-refractivity contribution in [2.75, 3.05) is 4.90 Å². The number of aliphatic imine (C=N–C) groups is 1. The molecule has 2 aromatic rings. The van der Waals surface area contributed by atoms with Crippen molar-refractivity contribution in [2.45, 2.75) is 0 Å². The average Bonchev–Trinajstić information content (AvgIpc) is 2.57. The molecule has 0 aromatic heterocycles. The van der Waals surface area contributed by atoms with E-state index in [1.54, 1.807) is 36.4 Å². The van der Waals surface area contributed by atoms with Crippen LogP contribution in [0.2, 0.25) is 5.02 Å².